The van der Waals surface area contributed by atoms with Crippen molar-refractivity contribution in [2.45, 2.75) is 58.5 Å². The van der Waals surface area contributed by atoms with Crippen LogP contribution in [0, 0.1) is 0 Å². The number of hydrogen-bond donors (Lipinski definition) is 3. The Balaban J connectivity index is 0. The summed E-state index contributed by atoms with van der Waals surface area (Å²) in [5.41, 5.74) is 1.40. The minimum absolute atomic E-state index is 0. The summed E-state index contributed by atoms with van der Waals surface area (Å²) < 4.78 is 11.2. The normalized spacial score (nSPS) is 13.0. The molecule has 0 saturated carbocycles. The van der Waals surface area contributed by atoms with Crippen molar-refractivity contribution >= 4 is 7.60 Å². The summed E-state index contributed by atoms with van der Waals surface area (Å²) in [6.45, 7) is 11.8. The molecule has 1 rings (SSSR count). The number of phenols is 1. The third kappa shape index (κ3) is 6.05. The van der Waals surface area contributed by atoms with Crippen molar-refractivity contribution in [3.05, 3.63) is 28.8 Å². The Bertz CT molecular complexity index is 521. The molecule has 0 bridgehead atoms. The molecular weight excluding hydrogens is 298 g/mol. The van der Waals surface area contributed by atoms with Crippen molar-refractivity contribution in [1.29, 1.82) is 0 Å². The average molecular weight is 324 g/mol. The third-order valence-electron chi connectivity index (χ3n) is 3.17. The van der Waals surface area contributed by atoms with E-state index >= 15 is 0 Å². The van der Waals surface area contributed by atoms with E-state index in [4.69, 9.17) is 0 Å². The van der Waals surface area contributed by atoms with Gasteiger partial charge < -0.3 is 16.3 Å². The molecular formula is C15H26NaO4P. The molecule has 1 aromatic rings. The first-order valence-electron chi connectivity index (χ1n) is 6.63. The molecule has 0 fully saturated rings. The SMILES string of the molecule is CC(C)(C)c1cc(CP(=O)(O)O)cc(C(C)(C)C)c1O.[H-].[Na+]. The fraction of sp³-hybridized carbons (Fsp3) is 0.600. The molecule has 116 valence electrons. The molecule has 0 heterocycles. The minimum Gasteiger partial charge on any atom is -1.00 e. The Kier molecular flexibility index (Phi) is 6.79. The maximum Gasteiger partial charge on any atom is 1.00 e. The third-order valence-corrected chi connectivity index (χ3v) is 3.95. The zero-order valence-corrected chi connectivity index (χ0v) is 17.0. The first kappa shape index (κ1) is 21.2. The molecule has 4 nitrogen and oxygen atoms in total. The predicted molar refractivity (Wildman–Crippen MR) is 82.4 cm³/mol. The zero-order chi connectivity index (χ0) is 15.9. The number of phenolic OH excluding ortho intramolecular Hbond substituents is 1. The summed E-state index contributed by atoms with van der Waals surface area (Å²) in [5.74, 6) is 0.222. The smallest absolute Gasteiger partial charge is 1.00 e. The first-order chi connectivity index (χ1) is 8.72. The largest absolute Gasteiger partial charge is 1.00 e. The van der Waals surface area contributed by atoms with Gasteiger partial charge in [0.25, 0.3) is 0 Å². The van der Waals surface area contributed by atoms with Gasteiger partial charge in [-0.25, -0.2) is 0 Å². The molecule has 6 heteroatoms. The number of aromatic hydroxyl groups is 1. The van der Waals surface area contributed by atoms with Gasteiger partial charge in [0.2, 0.25) is 0 Å². The van der Waals surface area contributed by atoms with E-state index < -0.39 is 7.60 Å². The van der Waals surface area contributed by atoms with Crippen LogP contribution in [0.4, 0.5) is 0 Å². The monoisotopic (exact) mass is 324 g/mol. The maximum absolute atomic E-state index is 11.2. The van der Waals surface area contributed by atoms with Gasteiger partial charge in [-0.3, -0.25) is 4.57 Å². The van der Waals surface area contributed by atoms with Crippen LogP contribution in [-0.2, 0) is 21.6 Å². The van der Waals surface area contributed by atoms with Crippen molar-refractivity contribution in [3.63, 3.8) is 0 Å². The summed E-state index contributed by atoms with van der Waals surface area (Å²) in [6, 6.07) is 3.40. The van der Waals surface area contributed by atoms with E-state index in [2.05, 4.69) is 0 Å². The van der Waals surface area contributed by atoms with E-state index in [0.717, 1.165) is 0 Å². The molecule has 0 saturated heterocycles. The summed E-state index contributed by atoms with van der Waals surface area (Å²) in [7, 11) is -4.13. The van der Waals surface area contributed by atoms with Gasteiger partial charge in [-0.2, -0.15) is 0 Å². The Morgan fingerprint density at radius 1 is 1.00 bits per heavy atom. The topological polar surface area (TPSA) is 77.8 Å². The summed E-state index contributed by atoms with van der Waals surface area (Å²) in [4.78, 5) is 18.4. The van der Waals surface area contributed by atoms with Crippen LogP contribution < -0.4 is 29.6 Å². The maximum atomic E-state index is 11.2. The van der Waals surface area contributed by atoms with Gasteiger partial charge in [0.15, 0.2) is 0 Å². The van der Waals surface area contributed by atoms with E-state index in [1.54, 1.807) is 12.1 Å². The van der Waals surface area contributed by atoms with Crippen molar-refractivity contribution in [3.8, 4) is 5.75 Å². The van der Waals surface area contributed by atoms with Gasteiger partial charge in [0.1, 0.15) is 5.75 Å². The second kappa shape index (κ2) is 6.74. The van der Waals surface area contributed by atoms with Crippen LogP contribution in [0.3, 0.4) is 0 Å². The Hall–Kier alpha value is 0.170. The van der Waals surface area contributed by atoms with Gasteiger partial charge in [0, 0.05) is 0 Å². The van der Waals surface area contributed by atoms with E-state index in [9.17, 15) is 19.5 Å². The Morgan fingerprint density at radius 2 is 1.33 bits per heavy atom. The standard InChI is InChI=1S/C15H25O4P.Na.H/c1-14(2,3)11-7-10(9-20(17,18)19)8-12(13(11)16)15(4,5)6;;/h7-8,16H,9H2,1-6H3,(H2,17,18,19);;/q;+1;-1. The van der Waals surface area contributed by atoms with Gasteiger partial charge in [0.05, 0.1) is 6.16 Å². The fourth-order valence-corrected chi connectivity index (χ4v) is 2.83. The van der Waals surface area contributed by atoms with Crippen LogP contribution in [0.25, 0.3) is 0 Å². The van der Waals surface area contributed by atoms with Gasteiger partial charge in [-0.15, -0.1) is 0 Å². The number of rotatable bonds is 2. The van der Waals surface area contributed by atoms with Gasteiger partial charge >= 0.3 is 37.2 Å². The van der Waals surface area contributed by atoms with Gasteiger partial charge in [-0.05, 0) is 27.5 Å². The zero-order valence-electron chi connectivity index (χ0n) is 15.1. The summed E-state index contributed by atoms with van der Waals surface area (Å²) in [6.07, 6.45) is -0.306. The van der Waals surface area contributed by atoms with Crippen LogP contribution in [-0.4, -0.2) is 14.9 Å². The molecule has 0 spiro atoms. The molecule has 0 aliphatic heterocycles. The summed E-state index contributed by atoms with van der Waals surface area (Å²) in [5, 5.41) is 10.5. The van der Waals surface area contributed by atoms with Crippen LogP contribution in [0.2, 0.25) is 0 Å². The van der Waals surface area contributed by atoms with E-state index in [1.807, 2.05) is 41.5 Å². The van der Waals surface area contributed by atoms with Crippen molar-refractivity contribution < 1.29 is 50.4 Å². The molecule has 0 radical (unpaired) electrons. The fourth-order valence-electron chi connectivity index (χ4n) is 2.17. The molecule has 21 heavy (non-hydrogen) atoms. The Labute approximate surface area is 150 Å². The summed E-state index contributed by atoms with van der Waals surface area (Å²) >= 11 is 0. The van der Waals surface area contributed by atoms with E-state index in [1.165, 1.54) is 0 Å². The first-order valence-corrected chi connectivity index (χ1v) is 8.43. The second-order valence-corrected chi connectivity index (χ2v) is 9.01. The van der Waals surface area contributed by atoms with Crippen LogP contribution in [0.15, 0.2) is 12.1 Å². The van der Waals surface area contributed by atoms with Crippen molar-refractivity contribution in [2.75, 3.05) is 0 Å². The molecule has 0 aliphatic carbocycles. The molecule has 3 N–H and O–H groups in total. The van der Waals surface area contributed by atoms with Crippen LogP contribution in [0.1, 0.15) is 59.7 Å². The van der Waals surface area contributed by atoms with Crippen molar-refractivity contribution in [1.82, 2.24) is 0 Å². The molecule has 0 aliphatic rings. The average Bonchev–Trinajstić information content (AvgIpc) is 2.14. The van der Waals surface area contributed by atoms with Crippen molar-refractivity contribution in [2.24, 2.45) is 0 Å². The number of benzene rings is 1. The molecule has 0 amide bonds. The number of hydrogen-bond acceptors (Lipinski definition) is 2. The van der Waals surface area contributed by atoms with E-state index in [-0.39, 0.29) is 53.7 Å². The second-order valence-electron chi connectivity index (χ2n) is 7.36. The van der Waals surface area contributed by atoms with Crippen LogP contribution in [0.5, 0.6) is 5.75 Å². The minimum atomic E-state index is -4.13. The molecule has 1 aromatic carbocycles. The molecule has 0 aromatic heterocycles. The van der Waals surface area contributed by atoms with Crippen LogP contribution >= 0.6 is 7.60 Å². The molecule has 0 unspecified atom stereocenters. The predicted octanol–water partition coefficient (Wildman–Crippen LogP) is 0.781. The quantitative estimate of drug-likeness (QED) is 0.555. The molecule has 0 atom stereocenters. The Morgan fingerprint density at radius 3 is 1.57 bits per heavy atom. The van der Waals surface area contributed by atoms with Gasteiger partial charge in [-0.1, -0.05) is 53.7 Å². The van der Waals surface area contributed by atoms with E-state index in [0.29, 0.717) is 16.7 Å².